The smallest absolute Gasteiger partial charge is 0.335 e. The molecule has 7 nitrogen and oxygen atoms in total. The highest BCUT2D eigenvalue weighted by Crippen LogP contribution is 2.76. The third kappa shape index (κ3) is 6.90. The monoisotopic (exact) mass is 743 g/mol. The molecule has 0 aromatic heterocycles. The number of rotatable bonds is 12. The van der Waals surface area contributed by atoms with E-state index < -0.39 is 5.97 Å². The fourth-order valence-electron chi connectivity index (χ4n) is 14.0. The van der Waals surface area contributed by atoms with Gasteiger partial charge in [-0.25, -0.2) is 9.59 Å². The summed E-state index contributed by atoms with van der Waals surface area (Å²) in [4.78, 5) is 32.7. The van der Waals surface area contributed by atoms with Gasteiger partial charge in [0.2, 0.25) is 0 Å². The predicted molar refractivity (Wildman–Crippen MR) is 222 cm³/mol. The number of nitrogens with one attached hydrogen (secondary N) is 1. The van der Waals surface area contributed by atoms with Gasteiger partial charge < -0.3 is 25.1 Å². The molecule has 300 valence electrons. The fourth-order valence-corrected chi connectivity index (χ4v) is 14.0. The van der Waals surface area contributed by atoms with Crippen molar-refractivity contribution in [2.24, 2.45) is 51.2 Å². The number of nitrogens with zero attached hydrogens (tertiary/aromatic N) is 3. The van der Waals surface area contributed by atoms with Crippen LogP contribution in [-0.4, -0.2) is 91.7 Å². The first-order valence-electron chi connectivity index (χ1n) is 21.4. The topological polar surface area (TPSA) is 76.1 Å². The zero-order valence-corrected chi connectivity index (χ0v) is 35.7. The Morgan fingerprint density at radius 3 is 2.00 bits per heavy atom. The van der Waals surface area contributed by atoms with Crippen molar-refractivity contribution < 1.29 is 14.7 Å². The Balaban J connectivity index is 1.28. The van der Waals surface area contributed by atoms with Crippen LogP contribution in [0.15, 0.2) is 42.5 Å². The average Bonchev–Trinajstić information content (AvgIpc) is 3.47. The van der Waals surface area contributed by atoms with Gasteiger partial charge in [0.25, 0.3) is 0 Å². The average molecular weight is 743 g/mol. The number of carboxylic acid groups (broad SMARTS) is 1. The van der Waals surface area contributed by atoms with Crippen molar-refractivity contribution in [3.05, 3.63) is 53.6 Å². The predicted octanol–water partition coefficient (Wildman–Crippen LogP) is 9.70. The lowest BCUT2D eigenvalue weighted by atomic mass is 9.33. The number of aromatic carboxylic acids is 1. The first-order chi connectivity index (χ1) is 25.3. The van der Waals surface area contributed by atoms with Gasteiger partial charge in [-0.05, 0) is 193 Å². The number of hydrogen-bond donors (Lipinski definition) is 2. The summed E-state index contributed by atoms with van der Waals surface area (Å²) in [6, 6.07) is 7.74. The second-order valence-corrected chi connectivity index (χ2v) is 20.5. The molecular weight excluding hydrogens is 669 g/mol. The number of fused-ring (bicyclic) bond motifs is 7. The summed E-state index contributed by atoms with van der Waals surface area (Å²) in [7, 11) is 8.46. The van der Waals surface area contributed by atoms with Crippen LogP contribution in [0.2, 0.25) is 0 Å². The lowest BCUT2D eigenvalue weighted by molar-refractivity contribution is -0.218. The van der Waals surface area contributed by atoms with E-state index in [-0.39, 0.29) is 33.2 Å². The molecule has 0 unspecified atom stereocenters. The van der Waals surface area contributed by atoms with Gasteiger partial charge in [0, 0.05) is 18.6 Å². The minimum Gasteiger partial charge on any atom is -0.478 e. The first kappa shape index (κ1) is 41.0. The van der Waals surface area contributed by atoms with Crippen molar-refractivity contribution >= 4 is 17.6 Å². The first-order valence-corrected chi connectivity index (χ1v) is 21.4. The van der Waals surface area contributed by atoms with Crippen LogP contribution in [0, 0.1) is 51.2 Å². The lowest BCUT2D eigenvalue weighted by Gasteiger charge is -2.72. The molecule has 54 heavy (non-hydrogen) atoms. The van der Waals surface area contributed by atoms with Gasteiger partial charge in [-0.2, -0.15) is 0 Å². The van der Waals surface area contributed by atoms with Crippen LogP contribution in [0.3, 0.4) is 0 Å². The molecular formula is C47H74N4O3. The number of carbonyl (C=O) groups excluding carboxylic acids is 1. The van der Waals surface area contributed by atoms with Crippen molar-refractivity contribution in [3.63, 3.8) is 0 Å². The van der Waals surface area contributed by atoms with Crippen molar-refractivity contribution in [2.75, 3.05) is 54.4 Å². The summed E-state index contributed by atoms with van der Waals surface area (Å²) >= 11 is 0. The van der Waals surface area contributed by atoms with Crippen LogP contribution in [0.4, 0.5) is 4.79 Å². The molecule has 0 radical (unpaired) electrons. The summed E-state index contributed by atoms with van der Waals surface area (Å²) in [6.07, 6.45) is 14.9. The SMILES string of the molecule is C=C(C)[C@@H]1CC[C@]2(NC(=O)N(CCCN(C)C)CCCN(C)C)CC[C@]3(C)[C@H](CC[C@@H]4[C@@]5(C)CC=C(c6ccc(C(=O)O)cc6)C(C)(C)[C@@H]5CC[C@]43C)[C@@H]12. The highest BCUT2D eigenvalue weighted by molar-refractivity contribution is 5.88. The molecule has 7 heteroatoms. The van der Waals surface area contributed by atoms with E-state index in [9.17, 15) is 14.7 Å². The molecule has 5 aliphatic carbocycles. The Bertz CT molecular complexity index is 1580. The summed E-state index contributed by atoms with van der Waals surface area (Å²) in [6.45, 7) is 23.3. The number of carboxylic acids is 1. The summed E-state index contributed by atoms with van der Waals surface area (Å²) in [5.74, 6) is 1.75. The Kier molecular flexibility index (Phi) is 11.4. The van der Waals surface area contributed by atoms with Crippen LogP contribution in [-0.2, 0) is 0 Å². The summed E-state index contributed by atoms with van der Waals surface area (Å²) < 4.78 is 0. The quantitative estimate of drug-likeness (QED) is 0.209. The highest BCUT2D eigenvalue weighted by Gasteiger charge is 2.70. The van der Waals surface area contributed by atoms with Gasteiger partial charge in [0.05, 0.1) is 5.56 Å². The second-order valence-electron chi connectivity index (χ2n) is 20.5. The molecule has 0 bridgehead atoms. The second kappa shape index (κ2) is 15.0. The van der Waals surface area contributed by atoms with Crippen molar-refractivity contribution in [1.82, 2.24) is 20.0 Å². The lowest BCUT2D eigenvalue weighted by Crippen LogP contribution is -2.68. The molecule has 0 heterocycles. The molecule has 2 N–H and O–H groups in total. The van der Waals surface area contributed by atoms with Crippen molar-refractivity contribution in [1.29, 1.82) is 0 Å². The van der Waals surface area contributed by atoms with Gasteiger partial charge in [-0.1, -0.05) is 65.0 Å². The molecule has 5 aliphatic rings. The Morgan fingerprint density at radius 1 is 0.796 bits per heavy atom. The number of hydrogen-bond acceptors (Lipinski definition) is 4. The fraction of sp³-hybridized carbons (Fsp3) is 0.745. The number of allylic oxidation sites excluding steroid dienone is 3. The van der Waals surface area contributed by atoms with E-state index in [0.717, 1.165) is 64.7 Å². The minimum absolute atomic E-state index is 0.00964. The number of carbonyl (C=O) groups is 2. The van der Waals surface area contributed by atoms with E-state index in [1.807, 2.05) is 12.1 Å². The summed E-state index contributed by atoms with van der Waals surface area (Å²) in [5.41, 5.74) is 4.63. The zero-order valence-electron chi connectivity index (χ0n) is 35.7. The van der Waals surface area contributed by atoms with Crippen molar-refractivity contribution in [3.8, 4) is 0 Å². The van der Waals surface area contributed by atoms with E-state index in [0.29, 0.717) is 35.2 Å². The van der Waals surface area contributed by atoms with Gasteiger partial charge >= 0.3 is 12.0 Å². The standard InChI is InChI=1S/C47H74N4O3/c1-32(2)35-20-25-47(48-42(54)51(30-12-28-49(8)9)31-13-29-50(10)11)27-26-45(6)37(40(35)47)18-19-39-44(5)23-21-36(33-14-16-34(17-15-33)41(52)53)43(3,4)38(44)22-24-46(39,45)7/h14-17,21,35,37-40H,1,12-13,18-20,22-31H2,2-11H3,(H,48,54)(H,52,53)/t35-,37+,38-,39+,40+,44-,45+,46+,47-/m0/s1. The normalized spacial score (nSPS) is 36.7. The molecule has 2 amide bonds. The van der Waals surface area contributed by atoms with Gasteiger partial charge in [0.1, 0.15) is 0 Å². The minimum atomic E-state index is -0.871. The third-order valence-corrected chi connectivity index (χ3v) is 16.8. The van der Waals surface area contributed by atoms with E-state index in [4.69, 9.17) is 0 Å². The number of benzene rings is 1. The maximum absolute atomic E-state index is 14.5. The maximum atomic E-state index is 14.5. The molecule has 6 rings (SSSR count). The van der Waals surface area contributed by atoms with E-state index in [2.05, 4.69) is 102 Å². The van der Waals surface area contributed by atoms with E-state index in [1.165, 1.54) is 48.8 Å². The van der Waals surface area contributed by atoms with Crippen LogP contribution >= 0.6 is 0 Å². The molecule has 0 saturated heterocycles. The van der Waals surface area contributed by atoms with Gasteiger partial charge in [0.15, 0.2) is 0 Å². The third-order valence-electron chi connectivity index (χ3n) is 16.8. The molecule has 9 atom stereocenters. The zero-order chi connectivity index (χ0) is 39.4. The van der Waals surface area contributed by atoms with Crippen LogP contribution in [0.5, 0.6) is 0 Å². The molecule has 1 aromatic carbocycles. The highest BCUT2D eigenvalue weighted by atomic mass is 16.4. The molecule has 1 aromatic rings. The van der Waals surface area contributed by atoms with E-state index >= 15 is 0 Å². The Labute approximate surface area is 328 Å². The van der Waals surface area contributed by atoms with Gasteiger partial charge in [-0.3, -0.25) is 0 Å². The number of amides is 2. The van der Waals surface area contributed by atoms with E-state index in [1.54, 1.807) is 12.1 Å². The van der Waals surface area contributed by atoms with Gasteiger partial charge in [-0.15, -0.1) is 0 Å². The Morgan fingerprint density at radius 2 is 1.43 bits per heavy atom. The number of urea groups is 1. The maximum Gasteiger partial charge on any atom is 0.335 e. The van der Waals surface area contributed by atoms with Crippen LogP contribution in [0.1, 0.15) is 128 Å². The molecule has 0 spiro atoms. The molecule has 4 saturated carbocycles. The van der Waals surface area contributed by atoms with Crippen LogP contribution < -0.4 is 5.32 Å². The van der Waals surface area contributed by atoms with Crippen LogP contribution in [0.25, 0.3) is 5.57 Å². The molecule has 0 aliphatic heterocycles. The Hall–Kier alpha value is -2.64. The molecule has 4 fully saturated rings. The summed E-state index contributed by atoms with van der Waals surface area (Å²) in [5, 5.41) is 13.4. The van der Waals surface area contributed by atoms with Crippen molar-refractivity contribution in [2.45, 2.75) is 118 Å². The largest absolute Gasteiger partial charge is 0.478 e.